The van der Waals surface area contributed by atoms with Crippen LogP contribution in [-0.2, 0) is 4.79 Å². The number of rotatable bonds is 2. The van der Waals surface area contributed by atoms with Crippen LogP contribution in [0.25, 0.3) is 0 Å². The van der Waals surface area contributed by atoms with Crippen molar-refractivity contribution in [2.75, 3.05) is 11.9 Å². The van der Waals surface area contributed by atoms with E-state index in [4.69, 9.17) is 0 Å². The van der Waals surface area contributed by atoms with Gasteiger partial charge < -0.3 is 10.6 Å². The number of anilines is 1. The Bertz CT molecular complexity index is 341. The topological polar surface area (TPSA) is 54.0 Å². The first-order valence-electron chi connectivity index (χ1n) is 4.62. The van der Waals surface area contributed by atoms with Crippen molar-refractivity contribution in [3.63, 3.8) is 0 Å². The Morgan fingerprint density at radius 3 is 2.86 bits per heavy atom. The summed E-state index contributed by atoms with van der Waals surface area (Å²) in [5, 5.41) is 6.96. The number of nitrogens with zero attached hydrogens (tertiary/aromatic N) is 1. The number of hydrogen-bond acceptors (Lipinski definition) is 4. The molecule has 0 spiro atoms. The van der Waals surface area contributed by atoms with E-state index in [0.29, 0.717) is 13.0 Å². The number of thiazole rings is 1. The van der Waals surface area contributed by atoms with Gasteiger partial charge in [0.25, 0.3) is 0 Å². The molecular formula is C9H13N3OS. The molecule has 14 heavy (non-hydrogen) atoms. The third kappa shape index (κ3) is 1.87. The molecule has 1 aliphatic rings. The Kier molecular flexibility index (Phi) is 2.41. The van der Waals surface area contributed by atoms with E-state index in [0.717, 1.165) is 10.8 Å². The van der Waals surface area contributed by atoms with Crippen molar-refractivity contribution >= 4 is 22.4 Å². The Labute approximate surface area is 86.7 Å². The van der Waals surface area contributed by atoms with Crippen LogP contribution >= 0.6 is 11.3 Å². The molecule has 2 N–H and O–H groups in total. The molecular weight excluding hydrogens is 198 g/mol. The fraction of sp³-hybridized carbons (Fsp3) is 0.556. The SMILES string of the molecule is Cc1nc(NC2CNC(=O)C2)sc1C. The fourth-order valence-corrected chi connectivity index (χ4v) is 2.31. The van der Waals surface area contributed by atoms with Gasteiger partial charge in [0.1, 0.15) is 0 Å². The molecule has 2 rings (SSSR count). The monoisotopic (exact) mass is 211 g/mol. The maximum atomic E-state index is 10.9. The largest absolute Gasteiger partial charge is 0.356 e. The van der Waals surface area contributed by atoms with Crippen molar-refractivity contribution in [3.8, 4) is 0 Å². The Morgan fingerprint density at radius 2 is 2.36 bits per heavy atom. The third-order valence-electron chi connectivity index (χ3n) is 2.33. The van der Waals surface area contributed by atoms with Crippen LogP contribution < -0.4 is 10.6 Å². The van der Waals surface area contributed by atoms with Gasteiger partial charge in [0.05, 0.1) is 11.7 Å². The standard InChI is InChI=1S/C9H13N3OS/c1-5-6(2)14-9(11-5)12-7-3-8(13)10-4-7/h7H,3-4H2,1-2H3,(H,10,13)(H,11,12). The molecule has 0 aliphatic carbocycles. The molecule has 5 heteroatoms. The molecule has 4 nitrogen and oxygen atoms in total. The average Bonchev–Trinajstić information content (AvgIpc) is 2.62. The summed E-state index contributed by atoms with van der Waals surface area (Å²) in [6.45, 7) is 4.75. The second kappa shape index (κ2) is 3.57. The van der Waals surface area contributed by atoms with Gasteiger partial charge in [-0.3, -0.25) is 4.79 Å². The average molecular weight is 211 g/mol. The van der Waals surface area contributed by atoms with Gasteiger partial charge in [0.2, 0.25) is 5.91 Å². The van der Waals surface area contributed by atoms with E-state index in [1.807, 2.05) is 6.92 Å². The minimum absolute atomic E-state index is 0.118. The van der Waals surface area contributed by atoms with Crippen LogP contribution in [0, 0.1) is 13.8 Å². The maximum absolute atomic E-state index is 10.9. The predicted octanol–water partition coefficient (Wildman–Crippen LogP) is 1.06. The Balaban J connectivity index is 2.00. The molecule has 1 aromatic heterocycles. The van der Waals surface area contributed by atoms with Crippen molar-refractivity contribution in [2.45, 2.75) is 26.3 Å². The van der Waals surface area contributed by atoms with Crippen molar-refractivity contribution in [1.29, 1.82) is 0 Å². The van der Waals surface area contributed by atoms with E-state index in [-0.39, 0.29) is 11.9 Å². The second-order valence-corrected chi connectivity index (χ2v) is 4.71. The summed E-state index contributed by atoms with van der Waals surface area (Å²) in [7, 11) is 0. The number of nitrogens with one attached hydrogen (secondary N) is 2. The smallest absolute Gasteiger partial charge is 0.222 e. The normalized spacial score (nSPS) is 21.0. The molecule has 2 heterocycles. The van der Waals surface area contributed by atoms with E-state index in [9.17, 15) is 4.79 Å². The summed E-state index contributed by atoms with van der Waals surface area (Å²) in [5.74, 6) is 0.118. The lowest BCUT2D eigenvalue weighted by molar-refractivity contribution is -0.119. The Hall–Kier alpha value is -1.10. The molecule has 1 amide bonds. The lowest BCUT2D eigenvalue weighted by atomic mass is 10.3. The zero-order valence-electron chi connectivity index (χ0n) is 8.26. The van der Waals surface area contributed by atoms with Crippen molar-refractivity contribution in [3.05, 3.63) is 10.6 Å². The first-order valence-corrected chi connectivity index (χ1v) is 5.44. The predicted molar refractivity (Wildman–Crippen MR) is 56.6 cm³/mol. The lowest BCUT2D eigenvalue weighted by Crippen LogP contribution is -2.22. The van der Waals surface area contributed by atoms with Crippen LogP contribution in [0.15, 0.2) is 0 Å². The zero-order chi connectivity index (χ0) is 10.1. The highest BCUT2D eigenvalue weighted by atomic mass is 32.1. The zero-order valence-corrected chi connectivity index (χ0v) is 9.07. The van der Waals surface area contributed by atoms with Crippen LogP contribution in [0.1, 0.15) is 17.0 Å². The molecule has 1 aliphatic heterocycles. The van der Waals surface area contributed by atoms with Crippen LogP contribution in [0.5, 0.6) is 0 Å². The quantitative estimate of drug-likeness (QED) is 0.769. The lowest BCUT2D eigenvalue weighted by Gasteiger charge is -2.07. The van der Waals surface area contributed by atoms with Crippen LogP contribution in [0.4, 0.5) is 5.13 Å². The van der Waals surface area contributed by atoms with Gasteiger partial charge in [-0.2, -0.15) is 0 Å². The summed E-state index contributed by atoms with van der Waals surface area (Å²) in [6.07, 6.45) is 0.553. The van der Waals surface area contributed by atoms with E-state index in [2.05, 4.69) is 22.5 Å². The van der Waals surface area contributed by atoms with Gasteiger partial charge >= 0.3 is 0 Å². The van der Waals surface area contributed by atoms with Gasteiger partial charge in [-0.05, 0) is 13.8 Å². The highest BCUT2D eigenvalue weighted by Gasteiger charge is 2.21. The van der Waals surface area contributed by atoms with Gasteiger partial charge in [-0.15, -0.1) is 11.3 Å². The summed E-state index contributed by atoms with van der Waals surface area (Å²) >= 11 is 1.64. The number of amides is 1. The number of hydrogen-bond donors (Lipinski definition) is 2. The highest BCUT2D eigenvalue weighted by molar-refractivity contribution is 7.15. The summed E-state index contributed by atoms with van der Waals surface area (Å²) in [6, 6.07) is 0.201. The first-order chi connectivity index (χ1) is 6.65. The molecule has 1 atom stereocenters. The van der Waals surface area contributed by atoms with Crippen molar-refractivity contribution < 1.29 is 4.79 Å². The third-order valence-corrected chi connectivity index (χ3v) is 3.34. The van der Waals surface area contributed by atoms with E-state index >= 15 is 0 Å². The van der Waals surface area contributed by atoms with E-state index < -0.39 is 0 Å². The summed E-state index contributed by atoms with van der Waals surface area (Å²) < 4.78 is 0. The molecule has 0 bridgehead atoms. The molecule has 0 saturated carbocycles. The van der Waals surface area contributed by atoms with Crippen molar-refractivity contribution in [1.82, 2.24) is 10.3 Å². The molecule has 1 fully saturated rings. The first kappa shape index (κ1) is 9.45. The van der Waals surface area contributed by atoms with Crippen LogP contribution in [0.2, 0.25) is 0 Å². The molecule has 76 valence electrons. The minimum Gasteiger partial charge on any atom is -0.356 e. The van der Waals surface area contributed by atoms with Gasteiger partial charge in [0, 0.05) is 17.8 Å². The molecule has 1 unspecified atom stereocenters. The maximum Gasteiger partial charge on any atom is 0.222 e. The Morgan fingerprint density at radius 1 is 1.57 bits per heavy atom. The number of aromatic nitrogens is 1. The molecule has 1 aromatic rings. The summed E-state index contributed by atoms with van der Waals surface area (Å²) in [4.78, 5) is 16.5. The van der Waals surface area contributed by atoms with Gasteiger partial charge in [-0.25, -0.2) is 4.98 Å². The number of aryl methyl sites for hydroxylation is 2. The van der Waals surface area contributed by atoms with Crippen LogP contribution in [0.3, 0.4) is 0 Å². The minimum atomic E-state index is 0.118. The number of carbonyl (C=O) groups excluding carboxylic acids is 1. The second-order valence-electron chi connectivity index (χ2n) is 3.51. The molecule has 0 aromatic carbocycles. The highest BCUT2D eigenvalue weighted by Crippen LogP contribution is 2.22. The van der Waals surface area contributed by atoms with E-state index in [1.165, 1.54) is 4.88 Å². The summed E-state index contributed by atoms with van der Waals surface area (Å²) in [5.41, 5.74) is 1.06. The fourth-order valence-electron chi connectivity index (χ4n) is 1.42. The van der Waals surface area contributed by atoms with Crippen LogP contribution in [-0.4, -0.2) is 23.5 Å². The number of carbonyl (C=O) groups is 1. The van der Waals surface area contributed by atoms with E-state index in [1.54, 1.807) is 11.3 Å². The van der Waals surface area contributed by atoms with Gasteiger partial charge in [0.15, 0.2) is 5.13 Å². The molecule has 1 saturated heterocycles. The van der Waals surface area contributed by atoms with Gasteiger partial charge in [-0.1, -0.05) is 0 Å². The van der Waals surface area contributed by atoms with Crippen molar-refractivity contribution in [2.24, 2.45) is 0 Å². The molecule has 0 radical (unpaired) electrons.